The van der Waals surface area contributed by atoms with Crippen LogP contribution >= 0.6 is 0 Å². The summed E-state index contributed by atoms with van der Waals surface area (Å²) in [6.45, 7) is 16.0. The SMILES string of the molecule is C=CC(=N/C=C\C)C(=O)NCc1cc(OCCc2nc(-c3ccc(O/C(C=C)=C/C)cc3)oc2C)ccc1CCC. The number of rotatable bonds is 15. The number of carbonyl (C=O) groups excluding carboxylic acids is 1. The Kier molecular flexibility index (Phi) is 11.9. The maximum Gasteiger partial charge on any atom is 0.270 e. The highest BCUT2D eigenvalue weighted by atomic mass is 16.5. The fraction of sp³-hybridized carbons (Fsp3) is 0.265. The van der Waals surface area contributed by atoms with Crippen LogP contribution in [0.3, 0.4) is 0 Å². The van der Waals surface area contributed by atoms with Crippen molar-refractivity contribution in [3.63, 3.8) is 0 Å². The molecule has 0 spiro atoms. The van der Waals surface area contributed by atoms with E-state index in [9.17, 15) is 4.79 Å². The maximum atomic E-state index is 12.6. The number of ether oxygens (including phenoxy) is 2. The van der Waals surface area contributed by atoms with Crippen molar-refractivity contribution in [2.24, 2.45) is 4.99 Å². The number of aromatic nitrogens is 1. The van der Waals surface area contributed by atoms with E-state index in [0.29, 0.717) is 37.0 Å². The monoisotopic (exact) mass is 553 g/mol. The van der Waals surface area contributed by atoms with Crippen LogP contribution in [0, 0.1) is 6.92 Å². The molecule has 0 aliphatic heterocycles. The minimum atomic E-state index is -0.273. The highest BCUT2D eigenvalue weighted by Crippen LogP contribution is 2.26. The average molecular weight is 554 g/mol. The molecule has 7 heteroatoms. The number of aliphatic imine (C=N–C) groups is 1. The zero-order valence-corrected chi connectivity index (χ0v) is 24.4. The van der Waals surface area contributed by atoms with Gasteiger partial charge in [0.05, 0.1) is 12.3 Å². The molecule has 3 rings (SSSR count). The van der Waals surface area contributed by atoms with Crippen LogP contribution in [-0.2, 0) is 24.2 Å². The second-order valence-electron chi connectivity index (χ2n) is 9.21. The number of benzene rings is 2. The van der Waals surface area contributed by atoms with Crippen molar-refractivity contribution in [2.75, 3.05) is 6.61 Å². The Hall–Kier alpha value is -4.65. The van der Waals surface area contributed by atoms with E-state index in [2.05, 4.69) is 36.5 Å². The molecule has 1 N–H and O–H groups in total. The van der Waals surface area contributed by atoms with E-state index in [1.807, 2.05) is 63.2 Å². The minimum Gasteiger partial charge on any atom is -0.493 e. The molecule has 1 amide bonds. The minimum absolute atomic E-state index is 0.273. The maximum absolute atomic E-state index is 12.6. The first-order valence-electron chi connectivity index (χ1n) is 13.8. The predicted octanol–water partition coefficient (Wildman–Crippen LogP) is 7.47. The van der Waals surface area contributed by atoms with E-state index in [1.165, 1.54) is 11.6 Å². The smallest absolute Gasteiger partial charge is 0.270 e. The van der Waals surface area contributed by atoms with E-state index in [-0.39, 0.29) is 11.6 Å². The van der Waals surface area contributed by atoms with Crippen molar-refractivity contribution >= 4 is 11.6 Å². The lowest BCUT2D eigenvalue weighted by Gasteiger charge is -2.13. The highest BCUT2D eigenvalue weighted by molar-refractivity contribution is 6.43. The Morgan fingerprint density at radius 1 is 1.05 bits per heavy atom. The standard InChI is InChI=1S/C34H39N3O4/c1-7-12-25-13-18-30(22-27(25)23-36-33(38)31(11-5)35-20-8-2)39-21-19-32-24(6)40-34(37-32)26-14-16-29(17-15-26)41-28(9-3)10-4/h8-11,13-18,20,22H,3,5,7,12,19,21,23H2,1-2,4,6H3,(H,36,38)/b20-8-,28-10+,35-31?. The van der Waals surface area contributed by atoms with Crippen molar-refractivity contribution in [2.45, 2.75) is 53.5 Å². The molecule has 214 valence electrons. The normalized spacial score (nSPS) is 11.9. The van der Waals surface area contributed by atoms with Gasteiger partial charge in [0.1, 0.15) is 28.7 Å². The summed E-state index contributed by atoms with van der Waals surface area (Å²) >= 11 is 0. The third kappa shape index (κ3) is 8.93. The molecule has 7 nitrogen and oxygen atoms in total. The van der Waals surface area contributed by atoms with E-state index >= 15 is 0 Å². The molecule has 0 bridgehead atoms. The summed E-state index contributed by atoms with van der Waals surface area (Å²) in [7, 11) is 0. The van der Waals surface area contributed by atoms with Crippen LogP contribution in [0.1, 0.15) is 49.8 Å². The van der Waals surface area contributed by atoms with Gasteiger partial charge >= 0.3 is 0 Å². The fourth-order valence-electron chi connectivity index (χ4n) is 4.06. The first-order valence-corrected chi connectivity index (χ1v) is 13.8. The van der Waals surface area contributed by atoms with Crippen LogP contribution in [-0.4, -0.2) is 23.2 Å². The third-order valence-electron chi connectivity index (χ3n) is 6.25. The van der Waals surface area contributed by atoms with Gasteiger partial charge in [-0.3, -0.25) is 9.79 Å². The number of hydrogen-bond acceptors (Lipinski definition) is 6. The molecule has 0 aliphatic rings. The number of nitrogens with zero attached hydrogens (tertiary/aromatic N) is 2. The lowest BCUT2D eigenvalue weighted by molar-refractivity contribution is -0.114. The van der Waals surface area contributed by atoms with Gasteiger partial charge < -0.3 is 19.2 Å². The second kappa shape index (κ2) is 15.8. The van der Waals surface area contributed by atoms with Crippen LogP contribution in [0.15, 0.2) is 101 Å². The Labute approximate surface area is 243 Å². The van der Waals surface area contributed by atoms with Crippen LogP contribution < -0.4 is 14.8 Å². The largest absolute Gasteiger partial charge is 0.493 e. The summed E-state index contributed by atoms with van der Waals surface area (Å²) in [6.07, 6.45) is 10.8. The van der Waals surface area contributed by atoms with Crippen LogP contribution in [0.5, 0.6) is 11.5 Å². The quantitative estimate of drug-likeness (QED) is 0.120. The summed E-state index contributed by atoms with van der Waals surface area (Å²) in [5, 5.41) is 2.94. The van der Waals surface area contributed by atoms with Gasteiger partial charge in [0.2, 0.25) is 5.89 Å². The zero-order valence-electron chi connectivity index (χ0n) is 24.4. The van der Waals surface area contributed by atoms with Crippen LogP contribution in [0.25, 0.3) is 11.5 Å². The molecule has 0 aliphatic carbocycles. The Morgan fingerprint density at radius 3 is 2.46 bits per heavy atom. The van der Waals surface area contributed by atoms with E-state index in [4.69, 9.17) is 18.9 Å². The Balaban J connectivity index is 1.63. The first-order chi connectivity index (χ1) is 19.9. The summed E-state index contributed by atoms with van der Waals surface area (Å²) in [6, 6.07) is 13.6. The topological polar surface area (TPSA) is 86.0 Å². The number of aryl methyl sites for hydroxylation is 2. The van der Waals surface area contributed by atoms with Gasteiger partial charge in [-0.2, -0.15) is 0 Å². The van der Waals surface area contributed by atoms with E-state index in [0.717, 1.165) is 41.2 Å². The molecule has 2 aromatic carbocycles. The van der Waals surface area contributed by atoms with Crippen molar-refractivity contribution in [1.82, 2.24) is 10.3 Å². The molecular weight excluding hydrogens is 514 g/mol. The number of carbonyl (C=O) groups is 1. The van der Waals surface area contributed by atoms with Crippen molar-refractivity contribution in [3.05, 3.63) is 114 Å². The van der Waals surface area contributed by atoms with Gasteiger partial charge in [-0.05, 0) is 92.9 Å². The molecule has 0 unspecified atom stereocenters. The average Bonchev–Trinajstić information content (AvgIpc) is 3.36. The highest BCUT2D eigenvalue weighted by Gasteiger charge is 2.13. The summed E-state index contributed by atoms with van der Waals surface area (Å²) in [4.78, 5) is 21.4. The molecule has 41 heavy (non-hydrogen) atoms. The van der Waals surface area contributed by atoms with Gasteiger partial charge in [-0.25, -0.2) is 4.98 Å². The number of amides is 1. The molecule has 0 atom stereocenters. The summed E-state index contributed by atoms with van der Waals surface area (Å²) < 4.78 is 17.8. The lowest BCUT2D eigenvalue weighted by atomic mass is 10.0. The molecule has 1 aromatic heterocycles. The molecule has 3 aromatic rings. The molecule has 1 heterocycles. The third-order valence-corrected chi connectivity index (χ3v) is 6.25. The van der Waals surface area contributed by atoms with Crippen LogP contribution in [0.2, 0.25) is 0 Å². The molecule has 0 saturated heterocycles. The number of oxazole rings is 1. The zero-order chi connectivity index (χ0) is 29.6. The van der Waals surface area contributed by atoms with Gasteiger partial charge in [0, 0.05) is 24.7 Å². The summed E-state index contributed by atoms with van der Waals surface area (Å²) in [5.41, 5.74) is 4.16. The van der Waals surface area contributed by atoms with Crippen LogP contribution in [0.4, 0.5) is 0 Å². The Morgan fingerprint density at radius 2 is 1.80 bits per heavy atom. The summed E-state index contributed by atoms with van der Waals surface area (Å²) in [5.74, 6) is 3.18. The van der Waals surface area contributed by atoms with Crippen molar-refractivity contribution in [1.29, 1.82) is 0 Å². The van der Waals surface area contributed by atoms with Gasteiger partial charge in [-0.1, -0.05) is 38.6 Å². The molecule has 0 radical (unpaired) electrons. The van der Waals surface area contributed by atoms with Gasteiger partial charge in [0.15, 0.2) is 0 Å². The predicted molar refractivity (Wildman–Crippen MR) is 165 cm³/mol. The molecule has 0 saturated carbocycles. The Bertz CT molecular complexity index is 1430. The first kappa shape index (κ1) is 30.9. The van der Waals surface area contributed by atoms with Crippen molar-refractivity contribution in [3.8, 4) is 23.0 Å². The van der Waals surface area contributed by atoms with Gasteiger partial charge in [0.25, 0.3) is 5.91 Å². The lowest BCUT2D eigenvalue weighted by Crippen LogP contribution is -2.29. The van der Waals surface area contributed by atoms with E-state index < -0.39 is 0 Å². The molecular formula is C34H39N3O4. The van der Waals surface area contributed by atoms with Gasteiger partial charge in [-0.15, -0.1) is 0 Å². The number of hydrogen-bond donors (Lipinski definition) is 1. The van der Waals surface area contributed by atoms with E-state index in [1.54, 1.807) is 18.4 Å². The second-order valence-corrected chi connectivity index (χ2v) is 9.21. The molecule has 0 fully saturated rings. The fourth-order valence-corrected chi connectivity index (χ4v) is 4.06. The van der Waals surface area contributed by atoms with Crippen molar-refractivity contribution < 1.29 is 18.7 Å². The number of allylic oxidation sites excluding steroid dienone is 3. The number of nitrogens with one attached hydrogen (secondary N) is 1.